The molecule has 1 amide bonds. The predicted molar refractivity (Wildman–Crippen MR) is 108 cm³/mol. The smallest absolute Gasteiger partial charge is 0.254 e. The van der Waals surface area contributed by atoms with Crippen LogP contribution in [0.2, 0.25) is 5.02 Å². The zero-order chi connectivity index (χ0) is 19.7. The van der Waals surface area contributed by atoms with Crippen molar-refractivity contribution in [1.82, 2.24) is 24.6 Å². The Hall–Kier alpha value is -2.93. The third-order valence-corrected chi connectivity index (χ3v) is 5.06. The quantitative estimate of drug-likeness (QED) is 0.681. The molecular formula is C20H21ClN6O. The number of piperazine rings is 1. The van der Waals surface area contributed by atoms with Gasteiger partial charge in [0.2, 0.25) is 0 Å². The van der Waals surface area contributed by atoms with Crippen LogP contribution < -0.4 is 4.90 Å². The van der Waals surface area contributed by atoms with E-state index in [1.165, 1.54) is 0 Å². The lowest BCUT2D eigenvalue weighted by Crippen LogP contribution is -2.49. The zero-order valence-electron chi connectivity index (χ0n) is 15.8. The molecule has 0 unspecified atom stereocenters. The van der Waals surface area contributed by atoms with E-state index >= 15 is 0 Å². The van der Waals surface area contributed by atoms with Gasteiger partial charge >= 0.3 is 0 Å². The third-order valence-electron chi connectivity index (χ3n) is 4.83. The number of amides is 1. The van der Waals surface area contributed by atoms with Crippen LogP contribution in [0.15, 0.2) is 42.7 Å². The molecule has 1 aromatic carbocycles. The second-order valence-electron chi connectivity index (χ2n) is 6.86. The maximum atomic E-state index is 12.7. The summed E-state index contributed by atoms with van der Waals surface area (Å²) < 4.78 is 1.82. The predicted octanol–water partition coefficient (Wildman–Crippen LogP) is 2.89. The second-order valence-corrected chi connectivity index (χ2v) is 7.30. The average molecular weight is 397 g/mol. The molecule has 0 saturated carbocycles. The minimum absolute atomic E-state index is 0.00756. The van der Waals surface area contributed by atoms with Crippen LogP contribution in [0.5, 0.6) is 0 Å². The van der Waals surface area contributed by atoms with Gasteiger partial charge in [-0.25, -0.2) is 14.6 Å². The highest BCUT2D eigenvalue weighted by atomic mass is 35.5. The average Bonchev–Trinajstić information content (AvgIpc) is 3.06. The molecule has 0 bridgehead atoms. The van der Waals surface area contributed by atoms with Crippen LogP contribution in [-0.2, 0) is 0 Å². The number of nitrogens with zero attached hydrogens (tertiary/aromatic N) is 6. The van der Waals surface area contributed by atoms with Gasteiger partial charge in [0.25, 0.3) is 5.91 Å². The summed E-state index contributed by atoms with van der Waals surface area (Å²) in [5.41, 5.74) is 2.60. The Balaban J connectivity index is 1.46. The fourth-order valence-electron chi connectivity index (χ4n) is 3.43. The Morgan fingerprint density at radius 3 is 2.43 bits per heavy atom. The van der Waals surface area contributed by atoms with E-state index in [1.807, 2.05) is 35.6 Å². The van der Waals surface area contributed by atoms with E-state index in [4.69, 9.17) is 11.6 Å². The summed E-state index contributed by atoms with van der Waals surface area (Å²) in [6, 6.07) is 11.0. The highest BCUT2D eigenvalue weighted by Gasteiger charge is 2.23. The normalized spacial score (nSPS) is 14.4. The Kier molecular flexibility index (Phi) is 5.00. The van der Waals surface area contributed by atoms with Crippen molar-refractivity contribution < 1.29 is 4.79 Å². The zero-order valence-corrected chi connectivity index (χ0v) is 16.6. The first-order valence-corrected chi connectivity index (χ1v) is 9.54. The third kappa shape index (κ3) is 3.71. The largest absolute Gasteiger partial charge is 0.353 e. The van der Waals surface area contributed by atoms with Crippen molar-refractivity contribution in [2.75, 3.05) is 31.1 Å². The van der Waals surface area contributed by atoms with E-state index in [9.17, 15) is 4.79 Å². The van der Waals surface area contributed by atoms with Crippen LogP contribution >= 0.6 is 11.6 Å². The van der Waals surface area contributed by atoms with Crippen LogP contribution in [0.4, 0.5) is 5.82 Å². The molecular weight excluding hydrogens is 376 g/mol. The molecule has 28 heavy (non-hydrogen) atoms. The van der Waals surface area contributed by atoms with E-state index in [0.29, 0.717) is 36.8 Å². The van der Waals surface area contributed by atoms with Gasteiger partial charge in [-0.15, -0.1) is 0 Å². The molecule has 144 valence electrons. The van der Waals surface area contributed by atoms with Gasteiger partial charge in [-0.3, -0.25) is 4.79 Å². The molecule has 0 spiro atoms. The van der Waals surface area contributed by atoms with Gasteiger partial charge in [-0.2, -0.15) is 5.10 Å². The molecule has 0 radical (unpaired) electrons. The maximum Gasteiger partial charge on any atom is 0.254 e. The first-order chi connectivity index (χ1) is 13.5. The minimum Gasteiger partial charge on any atom is -0.353 e. The number of anilines is 1. The van der Waals surface area contributed by atoms with Gasteiger partial charge in [0, 0.05) is 48.5 Å². The van der Waals surface area contributed by atoms with Gasteiger partial charge < -0.3 is 9.80 Å². The molecule has 0 atom stereocenters. The van der Waals surface area contributed by atoms with Crippen molar-refractivity contribution >= 4 is 23.3 Å². The Bertz CT molecular complexity index is 1010. The summed E-state index contributed by atoms with van der Waals surface area (Å²) in [5.74, 6) is 1.59. The molecule has 1 fully saturated rings. The number of hydrogen-bond acceptors (Lipinski definition) is 5. The van der Waals surface area contributed by atoms with Crippen molar-refractivity contribution in [1.29, 1.82) is 0 Å². The first-order valence-electron chi connectivity index (χ1n) is 9.17. The number of rotatable bonds is 3. The van der Waals surface area contributed by atoms with Gasteiger partial charge in [0.1, 0.15) is 12.1 Å². The van der Waals surface area contributed by atoms with Crippen molar-refractivity contribution in [3.8, 4) is 5.82 Å². The molecule has 0 N–H and O–H groups in total. The van der Waals surface area contributed by atoms with E-state index in [0.717, 1.165) is 23.0 Å². The van der Waals surface area contributed by atoms with Crippen molar-refractivity contribution in [2.45, 2.75) is 13.8 Å². The molecule has 1 aliphatic heterocycles. The number of benzene rings is 1. The molecule has 8 heteroatoms. The lowest BCUT2D eigenvalue weighted by Gasteiger charge is -2.35. The fraction of sp³-hybridized carbons (Fsp3) is 0.300. The molecule has 3 heterocycles. The van der Waals surface area contributed by atoms with Crippen LogP contribution in [-0.4, -0.2) is 56.7 Å². The summed E-state index contributed by atoms with van der Waals surface area (Å²) in [4.78, 5) is 25.5. The molecule has 1 saturated heterocycles. The molecule has 7 nitrogen and oxygen atoms in total. The number of aryl methyl sites for hydroxylation is 2. The number of halogens is 1. The van der Waals surface area contributed by atoms with Crippen LogP contribution in [0.25, 0.3) is 5.82 Å². The maximum absolute atomic E-state index is 12.7. The summed E-state index contributed by atoms with van der Waals surface area (Å²) in [6.07, 6.45) is 1.56. The van der Waals surface area contributed by atoms with Gasteiger partial charge in [0.15, 0.2) is 5.82 Å². The summed E-state index contributed by atoms with van der Waals surface area (Å²) in [5, 5.41) is 5.06. The second kappa shape index (κ2) is 7.59. The van der Waals surface area contributed by atoms with E-state index in [1.54, 1.807) is 30.6 Å². The van der Waals surface area contributed by atoms with Crippen molar-refractivity contribution in [3.05, 3.63) is 64.7 Å². The van der Waals surface area contributed by atoms with Crippen LogP contribution in [0.3, 0.4) is 0 Å². The Morgan fingerprint density at radius 1 is 1.00 bits per heavy atom. The van der Waals surface area contributed by atoms with Gasteiger partial charge in [0.05, 0.1) is 5.69 Å². The standard InChI is InChI=1S/C20H21ClN6O/c1-14-10-15(2)27(24-14)19-12-18(22-13-23-19)25-6-8-26(9-7-25)20(28)16-4-3-5-17(21)11-16/h3-5,10-13H,6-9H2,1-2H3. The molecule has 2 aromatic heterocycles. The SMILES string of the molecule is Cc1cc(C)n(-c2cc(N3CCN(C(=O)c4cccc(Cl)c4)CC3)ncn2)n1. The van der Waals surface area contributed by atoms with E-state index in [2.05, 4.69) is 20.0 Å². The lowest BCUT2D eigenvalue weighted by atomic mass is 10.2. The Labute approximate surface area is 168 Å². The minimum atomic E-state index is 0.00756. The summed E-state index contributed by atoms with van der Waals surface area (Å²) in [6.45, 7) is 6.64. The number of carbonyl (C=O) groups excluding carboxylic acids is 1. The van der Waals surface area contributed by atoms with Crippen molar-refractivity contribution in [3.63, 3.8) is 0 Å². The van der Waals surface area contributed by atoms with E-state index in [-0.39, 0.29) is 5.91 Å². The monoisotopic (exact) mass is 396 g/mol. The topological polar surface area (TPSA) is 67.2 Å². The fourth-order valence-corrected chi connectivity index (χ4v) is 3.62. The summed E-state index contributed by atoms with van der Waals surface area (Å²) >= 11 is 6.01. The highest BCUT2D eigenvalue weighted by Crippen LogP contribution is 2.19. The number of hydrogen-bond donors (Lipinski definition) is 0. The van der Waals surface area contributed by atoms with Gasteiger partial charge in [-0.1, -0.05) is 17.7 Å². The Morgan fingerprint density at radius 2 is 1.75 bits per heavy atom. The highest BCUT2D eigenvalue weighted by molar-refractivity contribution is 6.30. The number of carbonyl (C=O) groups is 1. The summed E-state index contributed by atoms with van der Waals surface area (Å²) in [7, 11) is 0. The molecule has 4 rings (SSSR count). The van der Waals surface area contributed by atoms with Crippen molar-refractivity contribution in [2.24, 2.45) is 0 Å². The first kappa shape index (κ1) is 18.4. The molecule has 3 aromatic rings. The molecule has 1 aliphatic rings. The van der Waals surface area contributed by atoms with E-state index < -0.39 is 0 Å². The molecule has 0 aliphatic carbocycles. The van der Waals surface area contributed by atoms with Gasteiger partial charge in [-0.05, 0) is 38.1 Å². The van der Waals surface area contributed by atoms with Crippen LogP contribution in [0, 0.1) is 13.8 Å². The lowest BCUT2D eigenvalue weighted by molar-refractivity contribution is 0.0746. The number of aromatic nitrogens is 4. The van der Waals surface area contributed by atoms with Crippen LogP contribution in [0.1, 0.15) is 21.7 Å².